The van der Waals surface area contributed by atoms with Crippen molar-refractivity contribution in [3.63, 3.8) is 0 Å². The fraction of sp³-hybridized carbons (Fsp3) is 0.650. The molecule has 4 heteroatoms. The van der Waals surface area contributed by atoms with Crippen LogP contribution < -0.4 is 0 Å². The van der Waals surface area contributed by atoms with Crippen LogP contribution in [0.3, 0.4) is 0 Å². The van der Waals surface area contributed by atoms with Gasteiger partial charge in [0.1, 0.15) is 0 Å². The number of morpholine rings is 1. The Morgan fingerprint density at radius 2 is 1.92 bits per heavy atom. The van der Waals surface area contributed by atoms with Crippen LogP contribution in [-0.4, -0.2) is 47.7 Å². The largest absolute Gasteiger partial charge is 0.375 e. The van der Waals surface area contributed by atoms with Gasteiger partial charge in [0.15, 0.2) is 0 Å². The number of hydrogen-bond donors (Lipinski definition) is 0. The molecule has 1 aromatic rings. The molecule has 3 fully saturated rings. The maximum atomic E-state index is 12.8. The van der Waals surface area contributed by atoms with Crippen LogP contribution in [0.1, 0.15) is 51.1 Å². The first-order valence-electron chi connectivity index (χ1n) is 9.31. The van der Waals surface area contributed by atoms with Crippen LogP contribution >= 0.6 is 0 Å². The number of benzene rings is 1. The van der Waals surface area contributed by atoms with Gasteiger partial charge in [0, 0.05) is 12.6 Å². The molecule has 0 aromatic heterocycles. The van der Waals surface area contributed by atoms with E-state index in [0.717, 1.165) is 19.8 Å². The molecule has 130 valence electrons. The van der Waals surface area contributed by atoms with E-state index in [1.807, 2.05) is 6.07 Å². The average molecular weight is 328 g/mol. The summed E-state index contributed by atoms with van der Waals surface area (Å²) in [7, 11) is 0. The molecule has 2 heterocycles. The Kier molecular flexibility index (Phi) is 4.13. The number of hydrogen-bond acceptors (Lipinski definition) is 3. The highest BCUT2D eigenvalue weighted by Gasteiger charge is 2.55. The summed E-state index contributed by atoms with van der Waals surface area (Å²) in [5, 5.41) is 0. The Bertz CT molecular complexity index is 599. The first kappa shape index (κ1) is 16.1. The normalized spacial score (nSPS) is 33.0. The lowest BCUT2D eigenvalue weighted by Gasteiger charge is -2.56. The SMILES string of the molecule is CC1(C)C(=O)N(CN2CCO[C@@H]3CCCC[C@H]32)[C@H]1c1ccccc1. The van der Waals surface area contributed by atoms with Gasteiger partial charge >= 0.3 is 0 Å². The van der Waals surface area contributed by atoms with Crippen LogP contribution in [0.5, 0.6) is 0 Å². The fourth-order valence-electron chi connectivity index (χ4n) is 4.85. The summed E-state index contributed by atoms with van der Waals surface area (Å²) in [5.41, 5.74) is 0.940. The first-order valence-corrected chi connectivity index (χ1v) is 9.31. The molecular weight excluding hydrogens is 300 g/mol. The molecule has 0 unspecified atom stereocenters. The number of rotatable bonds is 3. The van der Waals surface area contributed by atoms with Crippen LogP contribution in [0, 0.1) is 5.41 Å². The minimum atomic E-state index is -0.306. The standard InChI is InChI=1S/C20H28N2O2/c1-20(2)18(15-8-4-3-5-9-15)22(19(20)23)14-21-12-13-24-17-11-7-6-10-16(17)21/h3-5,8-9,16-18H,6-7,10-14H2,1-2H3/t16-,17-,18+/m1/s1. The molecule has 4 rings (SSSR count). The number of fused-ring (bicyclic) bond motifs is 1. The zero-order valence-electron chi connectivity index (χ0n) is 14.8. The topological polar surface area (TPSA) is 32.8 Å². The van der Waals surface area contributed by atoms with E-state index in [0.29, 0.717) is 12.1 Å². The molecule has 2 saturated heterocycles. The molecule has 0 bridgehead atoms. The van der Waals surface area contributed by atoms with Gasteiger partial charge in [0.2, 0.25) is 5.91 Å². The lowest BCUT2D eigenvalue weighted by Crippen LogP contribution is -2.65. The molecule has 2 aliphatic heterocycles. The van der Waals surface area contributed by atoms with Crippen LogP contribution in [0.15, 0.2) is 30.3 Å². The second kappa shape index (κ2) is 6.16. The highest BCUT2D eigenvalue weighted by Crippen LogP contribution is 2.49. The van der Waals surface area contributed by atoms with E-state index in [9.17, 15) is 4.79 Å². The lowest BCUT2D eigenvalue weighted by atomic mass is 9.71. The second-order valence-electron chi connectivity index (χ2n) is 8.02. The van der Waals surface area contributed by atoms with Gasteiger partial charge in [-0.15, -0.1) is 0 Å². The molecule has 1 saturated carbocycles. The summed E-state index contributed by atoms with van der Waals surface area (Å²) in [6, 6.07) is 11.1. The first-order chi connectivity index (χ1) is 11.6. The number of β-lactam (4-membered cyclic amide) rings is 1. The Morgan fingerprint density at radius 3 is 2.71 bits per heavy atom. The average Bonchev–Trinajstić information content (AvgIpc) is 2.62. The molecule has 3 aliphatic rings. The quantitative estimate of drug-likeness (QED) is 0.799. The number of ether oxygens (including phenoxy) is 1. The zero-order chi connectivity index (χ0) is 16.7. The maximum absolute atomic E-state index is 12.8. The summed E-state index contributed by atoms with van der Waals surface area (Å²) < 4.78 is 5.98. The summed E-state index contributed by atoms with van der Waals surface area (Å²) in [4.78, 5) is 17.3. The smallest absolute Gasteiger partial charge is 0.232 e. The van der Waals surface area contributed by atoms with E-state index in [2.05, 4.69) is 47.9 Å². The van der Waals surface area contributed by atoms with Crippen molar-refractivity contribution in [3.8, 4) is 0 Å². The number of amides is 1. The molecule has 4 nitrogen and oxygen atoms in total. The summed E-state index contributed by atoms with van der Waals surface area (Å²) in [5.74, 6) is 0.273. The van der Waals surface area contributed by atoms with Crippen LogP contribution in [0.25, 0.3) is 0 Å². The third-order valence-corrected chi connectivity index (χ3v) is 6.10. The molecule has 3 atom stereocenters. The molecule has 0 spiro atoms. The molecule has 0 N–H and O–H groups in total. The number of nitrogens with zero attached hydrogens (tertiary/aromatic N) is 2. The van der Waals surface area contributed by atoms with Gasteiger partial charge in [-0.3, -0.25) is 9.69 Å². The van der Waals surface area contributed by atoms with E-state index in [1.54, 1.807) is 0 Å². The molecule has 1 amide bonds. The fourth-order valence-corrected chi connectivity index (χ4v) is 4.85. The van der Waals surface area contributed by atoms with Gasteiger partial charge in [-0.05, 0) is 32.3 Å². The van der Waals surface area contributed by atoms with E-state index in [-0.39, 0.29) is 17.4 Å². The second-order valence-corrected chi connectivity index (χ2v) is 8.02. The minimum absolute atomic E-state index is 0.177. The van der Waals surface area contributed by atoms with Crippen molar-refractivity contribution in [2.24, 2.45) is 5.41 Å². The van der Waals surface area contributed by atoms with E-state index in [1.165, 1.54) is 31.2 Å². The Morgan fingerprint density at radius 1 is 1.17 bits per heavy atom. The summed E-state index contributed by atoms with van der Waals surface area (Å²) in [6.45, 7) is 6.63. The molecule has 24 heavy (non-hydrogen) atoms. The predicted molar refractivity (Wildman–Crippen MR) is 93.4 cm³/mol. The van der Waals surface area contributed by atoms with Crippen molar-refractivity contribution in [2.75, 3.05) is 19.8 Å². The van der Waals surface area contributed by atoms with E-state index in [4.69, 9.17) is 4.74 Å². The number of likely N-dealkylation sites (tertiary alicyclic amines) is 1. The van der Waals surface area contributed by atoms with Gasteiger partial charge in [0.25, 0.3) is 0 Å². The summed E-state index contributed by atoms with van der Waals surface area (Å²) >= 11 is 0. The number of carbonyl (C=O) groups is 1. The van der Waals surface area contributed by atoms with Crippen molar-refractivity contribution in [1.82, 2.24) is 9.80 Å². The zero-order valence-corrected chi connectivity index (χ0v) is 14.8. The molecule has 1 aromatic carbocycles. The van der Waals surface area contributed by atoms with Gasteiger partial charge in [0.05, 0.1) is 30.8 Å². The van der Waals surface area contributed by atoms with Crippen LogP contribution in [0.4, 0.5) is 0 Å². The highest BCUT2D eigenvalue weighted by molar-refractivity contribution is 5.89. The molecule has 1 aliphatic carbocycles. The van der Waals surface area contributed by atoms with Crippen molar-refractivity contribution in [1.29, 1.82) is 0 Å². The Labute approximate surface area is 144 Å². The van der Waals surface area contributed by atoms with E-state index < -0.39 is 0 Å². The minimum Gasteiger partial charge on any atom is -0.375 e. The van der Waals surface area contributed by atoms with Crippen molar-refractivity contribution >= 4 is 5.91 Å². The monoisotopic (exact) mass is 328 g/mol. The maximum Gasteiger partial charge on any atom is 0.232 e. The number of carbonyl (C=O) groups excluding carboxylic acids is 1. The van der Waals surface area contributed by atoms with Gasteiger partial charge < -0.3 is 9.64 Å². The Hall–Kier alpha value is -1.39. The Balaban J connectivity index is 1.53. The van der Waals surface area contributed by atoms with Crippen molar-refractivity contribution in [3.05, 3.63) is 35.9 Å². The summed E-state index contributed by atoms with van der Waals surface area (Å²) in [6.07, 6.45) is 5.29. The van der Waals surface area contributed by atoms with Crippen molar-refractivity contribution < 1.29 is 9.53 Å². The van der Waals surface area contributed by atoms with Gasteiger partial charge in [-0.1, -0.05) is 43.2 Å². The van der Waals surface area contributed by atoms with Gasteiger partial charge in [-0.25, -0.2) is 0 Å². The lowest BCUT2D eigenvalue weighted by molar-refractivity contribution is -0.181. The predicted octanol–water partition coefficient (Wildman–Crippen LogP) is 3.20. The molecular formula is C20H28N2O2. The highest BCUT2D eigenvalue weighted by atomic mass is 16.5. The third kappa shape index (κ3) is 2.56. The third-order valence-electron chi connectivity index (χ3n) is 6.10. The van der Waals surface area contributed by atoms with E-state index >= 15 is 0 Å². The van der Waals surface area contributed by atoms with Gasteiger partial charge in [-0.2, -0.15) is 0 Å². The molecule has 0 radical (unpaired) electrons. The van der Waals surface area contributed by atoms with Crippen molar-refractivity contribution in [2.45, 2.75) is 57.7 Å². The van der Waals surface area contributed by atoms with Crippen LogP contribution in [-0.2, 0) is 9.53 Å². The van der Waals surface area contributed by atoms with Crippen LogP contribution in [0.2, 0.25) is 0 Å².